The van der Waals surface area contributed by atoms with Crippen molar-refractivity contribution in [2.24, 2.45) is 5.92 Å². The molecule has 1 aliphatic carbocycles. The van der Waals surface area contributed by atoms with Crippen LogP contribution in [-0.2, 0) is 14.4 Å². The number of carboxylic acid groups (broad SMARTS) is 1. The van der Waals surface area contributed by atoms with E-state index in [0.717, 1.165) is 30.6 Å². The Hall–Kier alpha value is -2.12. The van der Waals surface area contributed by atoms with E-state index < -0.39 is 29.9 Å². The van der Waals surface area contributed by atoms with Crippen LogP contribution in [0.25, 0.3) is 0 Å². The molecule has 0 aromatic rings. The molecule has 1 saturated carbocycles. The molecule has 0 radical (unpaired) electrons. The van der Waals surface area contributed by atoms with Gasteiger partial charge in [-0.1, -0.05) is 12.8 Å². The molecule has 8 heteroatoms. The fraction of sp³-hybridized carbons (Fsp3) is 0.714. The summed E-state index contributed by atoms with van der Waals surface area (Å²) in [6.07, 6.45) is 4.22. The van der Waals surface area contributed by atoms with Gasteiger partial charge in [0.05, 0.1) is 6.54 Å². The van der Waals surface area contributed by atoms with Crippen molar-refractivity contribution in [1.82, 2.24) is 15.1 Å². The summed E-state index contributed by atoms with van der Waals surface area (Å²) in [5.74, 6) is -1.71. The Morgan fingerprint density at radius 2 is 1.95 bits per heavy atom. The zero-order valence-corrected chi connectivity index (χ0v) is 12.2. The highest BCUT2D eigenvalue weighted by atomic mass is 16.4. The number of carboxylic acids is 1. The summed E-state index contributed by atoms with van der Waals surface area (Å²) in [6, 6.07) is -1.52. The SMILES string of the molecule is O=C(O)[C@@H]1C[C@@H]2CCCC[C@H]2N1C(=O)CN1C(=O)CNC1=O. The average molecular weight is 309 g/mol. The van der Waals surface area contributed by atoms with Crippen molar-refractivity contribution in [2.75, 3.05) is 13.1 Å². The Kier molecular flexibility index (Phi) is 3.76. The Labute approximate surface area is 127 Å². The van der Waals surface area contributed by atoms with Gasteiger partial charge in [-0.3, -0.25) is 14.5 Å². The van der Waals surface area contributed by atoms with Gasteiger partial charge in [0.2, 0.25) is 5.91 Å². The van der Waals surface area contributed by atoms with Crippen LogP contribution in [0.4, 0.5) is 4.79 Å². The lowest BCUT2D eigenvalue weighted by atomic mass is 9.85. The molecule has 0 aromatic carbocycles. The van der Waals surface area contributed by atoms with Crippen LogP contribution in [0.15, 0.2) is 0 Å². The van der Waals surface area contributed by atoms with Crippen molar-refractivity contribution in [3.63, 3.8) is 0 Å². The van der Waals surface area contributed by atoms with Crippen LogP contribution in [0.3, 0.4) is 0 Å². The van der Waals surface area contributed by atoms with Gasteiger partial charge in [0.25, 0.3) is 5.91 Å². The molecule has 3 fully saturated rings. The van der Waals surface area contributed by atoms with Crippen LogP contribution in [0.5, 0.6) is 0 Å². The average Bonchev–Trinajstić information content (AvgIpc) is 3.02. The number of rotatable bonds is 3. The molecule has 3 rings (SSSR count). The molecule has 2 saturated heterocycles. The molecule has 2 N–H and O–H groups in total. The second-order valence-corrected chi connectivity index (χ2v) is 6.14. The summed E-state index contributed by atoms with van der Waals surface area (Å²) < 4.78 is 0. The summed E-state index contributed by atoms with van der Waals surface area (Å²) in [6.45, 7) is -0.488. The van der Waals surface area contributed by atoms with Crippen LogP contribution in [-0.4, -0.2) is 63.9 Å². The highest BCUT2D eigenvalue weighted by Crippen LogP contribution is 2.39. The third-order valence-corrected chi connectivity index (χ3v) is 4.89. The van der Waals surface area contributed by atoms with Crippen molar-refractivity contribution >= 4 is 23.8 Å². The maximum atomic E-state index is 12.6. The summed E-state index contributed by atoms with van der Waals surface area (Å²) in [4.78, 5) is 49.4. The van der Waals surface area contributed by atoms with Crippen molar-refractivity contribution < 1.29 is 24.3 Å². The summed E-state index contributed by atoms with van der Waals surface area (Å²) >= 11 is 0. The summed E-state index contributed by atoms with van der Waals surface area (Å²) in [5.41, 5.74) is 0. The molecule has 3 aliphatic rings. The molecule has 3 atom stereocenters. The number of hydrogen-bond acceptors (Lipinski definition) is 4. The maximum absolute atomic E-state index is 12.6. The van der Waals surface area contributed by atoms with E-state index in [0.29, 0.717) is 6.42 Å². The molecule has 0 unspecified atom stereocenters. The lowest BCUT2D eigenvalue weighted by molar-refractivity contribution is -0.150. The summed E-state index contributed by atoms with van der Waals surface area (Å²) in [7, 11) is 0. The lowest BCUT2D eigenvalue weighted by Crippen LogP contribution is -2.51. The van der Waals surface area contributed by atoms with Gasteiger partial charge in [0, 0.05) is 6.04 Å². The van der Waals surface area contributed by atoms with Crippen molar-refractivity contribution in [2.45, 2.75) is 44.2 Å². The first kappa shape index (κ1) is 14.8. The number of imide groups is 1. The minimum absolute atomic E-state index is 0.0804. The molecule has 2 heterocycles. The van der Waals surface area contributed by atoms with E-state index in [1.807, 2.05) is 0 Å². The normalized spacial score (nSPS) is 31.2. The number of carbonyl (C=O) groups excluding carboxylic acids is 3. The molecule has 0 spiro atoms. The van der Waals surface area contributed by atoms with Crippen LogP contribution >= 0.6 is 0 Å². The van der Waals surface area contributed by atoms with Gasteiger partial charge in [0.15, 0.2) is 0 Å². The van der Waals surface area contributed by atoms with Gasteiger partial charge in [-0.15, -0.1) is 0 Å². The molecule has 2 aliphatic heterocycles. The fourth-order valence-electron chi connectivity index (χ4n) is 3.87. The molecule has 4 amide bonds. The highest BCUT2D eigenvalue weighted by molar-refractivity contribution is 6.04. The van der Waals surface area contributed by atoms with E-state index in [2.05, 4.69) is 5.32 Å². The van der Waals surface area contributed by atoms with Gasteiger partial charge < -0.3 is 15.3 Å². The number of amides is 4. The molecule has 120 valence electrons. The van der Waals surface area contributed by atoms with Gasteiger partial charge in [-0.2, -0.15) is 0 Å². The molecule has 8 nitrogen and oxygen atoms in total. The number of nitrogens with zero attached hydrogens (tertiary/aromatic N) is 2. The van der Waals surface area contributed by atoms with Crippen molar-refractivity contribution in [3.05, 3.63) is 0 Å². The highest BCUT2D eigenvalue weighted by Gasteiger charge is 2.48. The Balaban J connectivity index is 1.77. The maximum Gasteiger partial charge on any atom is 0.326 e. The van der Waals surface area contributed by atoms with Crippen molar-refractivity contribution in [3.8, 4) is 0 Å². The van der Waals surface area contributed by atoms with Crippen molar-refractivity contribution in [1.29, 1.82) is 0 Å². The standard InChI is InChI=1S/C14H19N3O5/c18-11-6-15-14(22)16(11)7-12(19)17-9-4-2-1-3-8(9)5-10(17)13(20)21/h8-10H,1-7H2,(H,15,22)(H,20,21)/t8-,9+,10-/m0/s1. The Morgan fingerprint density at radius 3 is 2.59 bits per heavy atom. The third kappa shape index (κ3) is 2.42. The second kappa shape index (κ2) is 5.58. The molecule has 0 bridgehead atoms. The van der Waals surface area contributed by atoms with Crippen LogP contribution in [0.2, 0.25) is 0 Å². The minimum Gasteiger partial charge on any atom is -0.480 e. The van der Waals surface area contributed by atoms with Gasteiger partial charge in [0.1, 0.15) is 12.6 Å². The second-order valence-electron chi connectivity index (χ2n) is 6.14. The molecule has 22 heavy (non-hydrogen) atoms. The summed E-state index contributed by atoms with van der Waals surface area (Å²) in [5, 5.41) is 11.7. The topological polar surface area (TPSA) is 107 Å². The number of hydrogen-bond donors (Lipinski definition) is 2. The zero-order valence-electron chi connectivity index (χ0n) is 12.2. The molecular formula is C14H19N3O5. The Morgan fingerprint density at radius 1 is 1.23 bits per heavy atom. The number of carbonyl (C=O) groups is 4. The first-order chi connectivity index (χ1) is 10.5. The smallest absolute Gasteiger partial charge is 0.326 e. The largest absolute Gasteiger partial charge is 0.480 e. The quantitative estimate of drug-likeness (QED) is 0.701. The third-order valence-electron chi connectivity index (χ3n) is 4.89. The molecule has 0 aromatic heterocycles. The van der Waals surface area contributed by atoms with E-state index in [1.54, 1.807) is 0 Å². The minimum atomic E-state index is -1.01. The number of urea groups is 1. The molecular weight excluding hydrogens is 290 g/mol. The monoisotopic (exact) mass is 309 g/mol. The van der Waals surface area contributed by atoms with Crippen LogP contribution in [0, 0.1) is 5.92 Å². The predicted molar refractivity (Wildman–Crippen MR) is 73.7 cm³/mol. The lowest BCUT2D eigenvalue weighted by Gasteiger charge is -2.33. The number of nitrogens with one attached hydrogen (secondary N) is 1. The van der Waals surface area contributed by atoms with Crippen LogP contribution < -0.4 is 5.32 Å². The van der Waals surface area contributed by atoms with Crippen LogP contribution in [0.1, 0.15) is 32.1 Å². The number of fused-ring (bicyclic) bond motifs is 1. The van der Waals surface area contributed by atoms with E-state index in [9.17, 15) is 24.3 Å². The van der Waals surface area contributed by atoms with Gasteiger partial charge >= 0.3 is 12.0 Å². The Bertz CT molecular complexity index is 519. The number of likely N-dealkylation sites (tertiary alicyclic amines) is 1. The van der Waals surface area contributed by atoms with E-state index in [-0.39, 0.29) is 25.0 Å². The number of aliphatic carboxylic acids is 1. The fourth-order valence-corrected chi connectivity index (χ4v) is 3.87. The predicted octanol–water partition coefficient (Wildman–Crippen LogP) is -0.217. The first-order valence-corrected chi connectivity index (χ1v) is 7.61. The van der Waals surface area contributed by atoms with E-state index in [1.165, 1.54) is 4.90 Å². The van der Waals surface area contributed by atoms with E-state index >= 15 is 0 Å². The first-order valence-electron chi connectivity index (χ1n) is 7.61. The van der Waals surface area contributed by atoms with Gasteiger partial charge in [-0.25, -0.2) is 9.59 Å². The zero-order chi connectivity index (χ0) is 15.9. The van der Waals surface area contributed by atoms with Gasteiger partial charge in [-0.05, 0) is 25.2 Å². The van der Waals surface area contributed by atoms with E-state index in [4.69, 9.17) is 0 Å².